The van der Waals surface area contributed by atoms with E-state index in [1.807, 2.05) is 6.92 Å². The van der Waals surface area contributed by atoms with Crippen LogP contribution in [-0.4, -0.2) is 44.8 Å². The molecule has 0 saturated carbocycles. The molecular weight excluding hydrogens is 332 g/mol. The van der Waals surface area contributed by atoms with Gasteiger partial charge in [0.25, 0.3) is 0 Å². The summed E-state index contributed by atoms with van der Waals surface area (Å²) in [5, 5.41) is 13.5. The lowest BCUT2D eigenvalue weighted by Crippen LogP contribution is -2.33. The molecule has 1 amide bonds. The van der Waals surface area contributed by atoms with Gasteiger partial charge in [-0.25, -0.2) is 8.78 Å². The van der Waals surface area contributed by atoms with E-state index in [1.54, 1.807) is 12.4 Å². The topological polar surface area (TPSA) is 75.4 Å². The molecule has 1 N–H and O–H groups in total. The molecule has 8 heteroatoms. The molecule has 1 aliphatic rings. The quantitative estimate of drug-likeness (QED) is 0.913. The van der Waals surface area contributed by atoms with Crippen molar-refractivity contribution in [3.63, 3.8) is 0 Å². The monoisotopic (exact) mass is 349 g/mol. The lowest BCUT2D eigenvalue weighted by molar-refractivity contribution is -0.141. The number of likely N-dealkylation sites (tertiary alicyclic amines) is 1. The molecule has 3 rings (SSSR count). The van der Waals surface area contributed by atoms with Crippen LogP contribution in [0.3, 0.4) is 0 Å². The Balaban J connectivity index is 1.80. The zero-order chi connectivity index (χ0) is 18.1. The normalized spacial score (nSPS) is 20.0. The molecule has 1 aliphatic heterocycles. The van der Waals surface area contributed by atoms with Crippen molar-refractivity contribution in [3.05, 3.63) is 53.4 Å². The van der Waals surface area contributed by atoms with Crippen molar-refractivity contribution < 1.29 is 23.5 Å². The number of aryl methyl sites for hydroxylation is 1. The maximum atomic E-state index is 14.1. The third kappa shape index (κ3) is 3.52. The van der Waals surface area contributed by atoms with Gasteiger partial charge in [0.05, 0.1) is 12.1 Å². The number of nitrogens with zero attached hydrogens (tertiary/aromatic N) is 3. The van der Waals surface area contributed by atoms with Crippen LogP contribution < -0.4 is 0 Å². The molecule has 1 fully saturated rings. The second-order valence-electron chi connectivity index (χ2n) is 6.23. The van der Waals surface area contributed by atoms with Crippen LogP contribution in [0.2, 0.25) is 0 Å². The lowest BCUT2D eigenvalue weighted by atomic mass is 9.88. The highest BCUT2D eigenvalue weighted by atomic mass is 19.1. The minimum absolute atomic E-state index is 0.0151. The summed E-state index contributed by atoms with van der Waals surface area (Å²) in [7, 11) is 0. The first-order chi connectivity index (χ1) is 11.8. The molecule has 0 unspecified atom stereocenters. The average Bonchev–Trinajstić information content (AvgIpc) is 3.14. The zero-order valence-electron chi connectivity index (χ0n) is 13.5. The standard InChI is InChI=1S/C17H17F2N3O3/c1-10-5-20-22(6-10)9-16(23)21-7-13(14(8-21)17(24)25)12-3-2-11(18)4-15(12)19/h2-6,13-14H,7-9H2,1H3,(H,24,25)/t13-,14+/m1/s1. The first-order valence-corrected chi connectivity index (χ1v) is 7.79. The minimum Gasteiger partial charge on any atom is -0.481 e. The summed E-state index contributed by atoms with van der Waals surface area (Å²) in [6.45, 7) is 1.88. The van der Waals surface area contributed by atoms with Crippen molar-refractivity contribution in [1.29, 1.82) is 0 Å². The van der Waals surface area contributed by atoms with Crippen LogP contribution in [-0.2, 0) is 16.1 Å². The summed E-state index contributed by atoms with van der Waals surface area (Å²) >= 11 is 0. The second kappa shape index (κ2) is 6.62. The van der Waals surface area contributed by atoms with E-state index >= 15 is 0 Å². The molecule has 132 valence electrons. The number of halogens is 2. The summed E-state index contributed by atoms with van der Waals surface area (Å²) in [6.07, 6.45) is 3.33. The van der Waals surface area contributed by atoms with E-state index in [2.05, 4.69) is 5.10 Å². The second-order valence-corrected chi connectivity index (χ2v) is 6.23. The van der Waals surface area contributed by atoms with Gasteiger partial charge in [-0.05, 0) is 24.1 Å². The molecule has 2 aromatic rings. The maximum Gasteiger partial charge on any atom is 0.308 e. The number of benzene rings is 1. The number of hydrogen-bond acceptors (Lipinski definition) is 3. The maximum absolute atomic E-state index is 14.1. The smallest absolute Gasteiger partial charge is 0.308 e. The fourth-order valence-electron chi connectivity index (χ4n) is 3.17. The molecular formula is C17H17F2N3O3. The van der Waals surface area contributed by atoms with Crippen LogP contribution in [0.15, 0.2) is 30.6 Å². The fraction of sp³-hybridized carbons (Fsp3) is 0.353. The highest BCUT2D eigenvalue weighted by molar-refractivity contribution is 5.79. The Hall–Kier alpha value is -2.77. The number of carbonyl (C=O) groups is 2. The molecule has 2 heterocycles. The van der Waals surface area contributed by atoms with Crippen LogP contribution in [0, 0.1) is 24.5 Å². The van der Waals surface area contributed by atoms with Gasteiger partial charge in [-0.15, -0.1) is 0 Å². The first kappa shape index (κ1) is 17.1. The van der Waals surface area contributed by atoms with Gasteiger partial charge in [-0.3, -0.25) is 14.3 Å². The Kier molecular flexibility index (Phi) is 4.52. The molecule has 0 bridgehead atoms. The van der Waals surface area contributed by atoms with Gasteiger partial charge in [0, 0.05) is 31.3 Å². The Bertz CT molecular complexity index is 821. The van der Waals surface area contributed by atoms with Gasteiger partial charge < -0.3 is 10.0 Å². The van der Waals surface area contributed by atoms with E-state index < -0.39 is 29.4 Å². The van der Waals surface area contributed by atoms with E-state index in [1.165, 1.54) is 15.6 Å². The van der Waals surface area contributed by atoms with Gasteiger partial charge in [-0.2, -0.15) is 5.10 Å². The molecule has 0 aliphatic carbocycles. The number of carboxylic acid groups (broad SMARTS) is 1. The Morgan fingerprint density at radius 3 is 2.68 bits per heavy atom. The van der Waals surface area contributed by atoms with Crippen molar-refractivity contribution >= 4 is 11.9 Å². The van der Waals surface area contributed by atoms with Gasteiger partial charge >= 0.3 is 5.97 Å². The highest BCUT2D eigenvalue weighted by Crippen LogP contribution is 2.34. The van der Waals surface area contributed by atoms with E-state index in [9.17, 15) is 23.5 Å². The van der Waals surface area contributed by atoms with Crippen LogP contribution in [0.4, 0.5) is 8.78 Å². The molecule has 0 radical (unpaired) electrons. The number of rotatable bonds is 4. The summed E-state index contributed by atoms with van der Waals surface area (Å²) in [4.78, 5) is 25.4. The van der Waals surface area contributed by atoms with Crippen molar-refractivity contribution in [2.45, 2.75) is 19.4 Å². The predicted octanol–water partition coefficient (Wildman–Crippen LogP) is 1.80. The average molecular weight is 349 g/mol. The molecule has 1 aromatic heterocycles. The van der Waals surface area contributed by atoms with Gasteiger partial charge in [0.15, 0.2) is 0 Å². The van der Waals surface area contributed by atoms with Crippen molar-refractivity contribution in [1.82, 2.24) is 14.7 Å². The van der Waals surface area contributed by atoms with Crippen LogP contribution in [0.1, 0.15) is 17.0 Å². The van der Waals surface area contributed by atoms with Crippen molar-refractivity contribution in [2.75, 3.05) is 13.1 Å². The SMILES string of the molecule is Cc1cnn(CC(=O)N2C[C@H](C(=O)O)[C@@H](c3ccc(F)cc3F)C2)c1. The van der Waals surface area contributed by atoms with Crippen LogP contribution in [0.5, 0.6) is 0 Å². The third-order valence-electron chi connectivity index (χ3n) is 4.41. The number of carbonyl (C=O) groups excluding carboxylic acids is 1. The van der Waals surface area contributed by atoms with Crippen LogP contribution in [0.25, 0.3) is 0 Å². The summed E-state index contributed by atoms with van der Waals surface area (Å²) in [6, 6.07) is 3.07. The third-order valence-corrected chi connectivity index (χ3v) is 4.41. The predicted molar refractivity (Wildman–Crippen MR) is 83.8 cm³/mol. The van der Waals surface area contributed by atoms with E-state index in [-0.39, 0.29) is 31.1 Å². The zero-order valence-corrected chi connectivity index (χ0v) is 13.5. The molecule has 1 saturated heterocycles. The molecule has 25 heavy (non-hydrogen) atoms. The van der Waals surface area contributed by atoms with Crippen molar-refractivity contribution in [2.24, 2.45) is 5.92 Å². The first-order valence-electron chi connectivity index (χ1n) is 7.79. The Morgan fingerprint density at radius 2 is 2.08 bits per heavy atom. The van der Waals surface area contributed by atoms with Gasteiger partial charge in [-0.1, -0.05) is 6.07 Å². The molecule has 6 nitrogen and oxygen atoms in total. The largest absolute Gasteiger partial charge is 0.481 e. The van der Waals surface area contributed by atoms with E-state index in [4.69, 9.17) is 0 Å². The Morgan fingerprint density at radius 1 is 1.32 bits per heavy atom. The number of hydrogen-bond donors (Lipinski definition) is 1. The molecule has 0 spiro atoms. The van der Waals surface area contributed by atoms with Gasteiger partial charge in [0.2, 0.25) is 5.91 Å². The highest BCUT2D eigenvalue weighted by Gasteiger charge is 2.41. The number of amides is 1. The summed E-state index contributed by atoms with van der Waals surface area (Å²) in [5.74, 6) is -4.59. The summed E-state index contributed by atoms with van der Waals surface area (Å²) < 4.78 is 28.6. The number of aliphatic carboxylic acids is 1. The lowest BCUT2D eigenvalue weighted by Gasteiger charge is -2.17. The van der Waals surface area contributed by atoms with Gasteiger partial charge in [0.1, 0.15) is 18.2 Å². The number of carboxylic acids is 1. The summed E-state index contributed by atoms with van der Waals surface area (Å²) in [5.41, 5.74) is 1.02. The fourth-order valence-corrected chi connectivity index (χ4v) is 3.17. The van der Waals surface area contributed by atoms with E-state index in [0.717, 1.165) is 17.7 Å². The number of aromatic nitrogens is 2. The van der Waals surface area contributed by atoms with Crippen LogP contribution >= 0.6 is 0 Å². The van der Waals surface area contributed by atoms with Crippen molar-refractivity contribution in [3.8, 4) is 0 Å². The molecule has 2 atom stereocenters. The Labute approximate surface area is 142 Å². The molecule has 1 aromatic carbocycles. The minimum atomic E-state index is -1.11. The van der Waals surface area contributed by atoms with E-state index in [0.29, 0.717) is 0 Å².